The second-order valence-corrected chi connectivity index (χ2v) is 6.00. The molecular formula is C15H21NOS. The summed E-state index contributed by atoms with van der Waals surface area (Å²) in [6.45, 7) is 6.14. The van der Waals surface area contributed by atoms with Gasteiger partial charge < -0.3 is 0 Å². The van der Waals surface area contributed by atoms with E-state index >= 15 is 0 Å². The Bertz CT molecular complexity index is 419. The maximum atomic E-state index is 12.6. The summed E-state index contributed by atoms with van der Waals surface area (Å²) in [6.07, 6.45) is 3.69. The zero-order chi connectivity index (χ0) is 13.2. The van der Waals surface area contributed by atoms with Gasteiger partial charge in [-0.05, 0) is 51.9 Å². The molecule has 0 bridgehead atoms. The van der Waals surface area contributed by atoms with Crippen LogP contribution in [0.3, 0.4) is 0 Å². The minimum absolute atomic E-state index is 0.206. The van der Waals surface area contributed by atoms with E-state index in [9.17, 15) is 4.79 Å². The van der Waals surface area contributed by atoms with Crippen molar-refractivity contribution in [2.75, 3.05) is 13.1 Å². The number of likely N-dealkylation sites (tertiary alicyclic amines) is 1. The molecule has 1 aliphatic rings. The average Bonchev–Trinajstić information content (AvgIpc) is 2.40. The third kappa shape index (κ3) is 2.78. The Morgan fingerprint density at radius 2 is 1.67 bits per heavy atom. The predicted octanol–water partition coefficient (Wildman–Crippen LogP) is 3.42. The van der Waals surface area contributed by atoms with Crippen LogP contribution in [0.25, 0.3) is 0 Å². The first-order valence-corrected chi connectivity index (χ1v) is 7.05. The van der Waals surface area contributed by atoms with Gasteiger partial charge in [0.05, 0.1) is 5.54 Å². The Hall–Kier alpha value is -0.800. The summed E-state index contributed by atoms with van der Waals surface area (Å²) < 4.78 is 0. The van der Waals surface area contributed by atoms with Crippen LogP contribution in [-0.2, 0) is 0 Å². The molecule has 0 radical (unpaired) electrons. The fraction of sp³-hybridized carbons (Fsp3) is 0.533. The quantitative estimate of drug-likeness (QED) is 0.666. The van der Waals surface area contributed by atoms with Crippen molar-refractivity contribution in [3.05, 3.63) is 29.8 Å². The van der Waals surface area contributed by atoms with Crippen molar-refractivity contribution in [1.29, 1.82) is 0 Å². The molecule has 0 unspecified atom stereocenters. The standard InChI is InChI=1S/C15H21NOS/c1-15(2,16-10-4-3-5-11-16)14(17)12-6-8-13(18)9-7-12/h6-9,18H,3-5,10-11H2,1-2H3. The molecule has 0 spiro atoms. The van der Waals surface area contributed by atoms with Gasteiger partial charge in [-0.2, -0.15) is 0 Å². The molecule has 0 N–H and O–H groups in total. The van der Waals surface area contributed by atoms with Crippen LogP contribution in [-0.4, -0.2) is 29.3 Å². The molecular weight excluding hydrogens is 242 g/mol. The highest BCUT2D eigenvalue weighted by Gasteiger charge is 2.35. The molecule has 2 rings (SSSR count). The number of hydrogen-bond acceptors (Lipinski definition) is 3. The van der Waals surface area contributed by atoms with Crippen molar-refractivity contribution in [3.63, 3.8) is 0 Å². The fourth-order valence-corrected chi connectivity index (χ4v) is 2.71. The number of carbonyl (C=O) groups is 1. The summed E-state index contributed by atoms with van der Waals surface area (Å²) >= 11 is 4.25. The lowest BCUT2D eigenvalue weighted by Gasteiger charge is -2.39. The maximum absolute atomic E-state index is 12.6. The number of benzene rings is 1. The van der Waals surface area contributed by atoms with Crippen molar-refractivity contribution in [3.8, 4) is 0 Å². The van der Waals surface area contributed by atoms with Crippen molar-refractivity contribution in [1.82, 2.24) is 4.90 Å². The van der Waals surface area contributed by atoms with Crippen LogP contribution in [0.15, 0.2) is 29.2 Å². The summed E-state index contributed by atoms with van der Waals surface area (Å²) in [4.78, 5) is 15.8. The third-order valence-corrected chi connectivity index (χ3v) is 4.13. The lowest BCUT2D eigenvalue weighted by molar-refractivity contribution is 0.0579. The number of Topliss-reactive ketones (excluding diaryl/α,β-unsaturated/α-hetero) is 1. The fourth-order valence-electron chi connectivity index (χ4n) is 2.56. The lowest BCUT2D eigenvalue weighted by atomic mass is 9.89. The van der Waals surface area contributed by atoms with Gasteiger partial charge in [-0.3, -0.25) is 9.69 Å². The van der Waals surface area contributed by atoms with E-state index in [2.05, 4.69) is 17.5 Å². The van der Waals surface area contributed by atoms with Gasteiger partial charge in [-0.25, -0.2) is 0 Å². The summed E-state index contributed by atoms with van der Waals surface area (Å²) in [5.74, 6) is 0.206. The number of thiol groups is 1. The van der Waals surface area contributed by atoms with E-state index in [4.69, 9.17) is 0 Å². The second kappa shape index (κ2) is 5.45. The van der Waals surface area contributed by atoms with E-state index in [1.165, 1.54) is 19.3 Å². The number of piperidine rings is 1. The van der Waals surface area contributed by atoms with Crippen molar-refractivity contribution in [2.24, 2.45) is 0 Å². The predicted molar refractivity (Wildman–Crippen MR) is 77.5 cm³/mol. The highest BCUT2D eigenvalue weighted by Crippen LogP contribution is 2.25. The van der Waals surface area contributed by atoms with Crippen LogP contribution in [0.4, 0.5) is 0 Å². The Labute approximate surface area is 115 Å². The number of hydrogen-bond donors (Lipinski definition) is 1. The largest absolute Gasteiger partial charge is 0.292 e. The summed E-state index contributed by atoms with van der Waals surface area (Å²) in [5, 5.41) is 0. The zero-order valence-corrected chi connectivity index (χ0v) is 12.0. The van der Waals surface area contributed by atoms with Crippen LogP contribution in [0.5, 0.6) is 0 Å². The second-order valence-electron chi connectivity index (χ2n) is 5.48. The van der Waals surface area contributed by atoms with Crippen molar-refractivity contribution in [2.45, 2.75) is 43.5 Å². The average molecular weight is 263 g/mol. The molecule has 0 aliphatic carbocycles. The minimum Gasteiger partial charge on any atom is -0.292 e. The molecule has 1 aromatic carbocycles. The molecule has 98 valence electrons. The van der Waals surface area contributed by atoms with Crippen LogP contribution in [0, 0.1) is 0 Å². The summed E-state index contributed by atoms with van der Waals surface area (Å²) in [7, 11) is 0. The van der Waals surface area contributed by atoms with Gasteiger partial charge in [0.2, 0.25) is 0 Å². The molecule has 0 saturated carbocycles. The highest BCUT2D eigenvalue weighted by atomic mass is 32.1. The Kier molecular flexibility index (Phi) is 4.13. The van der Waals surface area contributed by atoms with Gasteiger partial charge in [0.25, 0.3) is 0 Å². The van der Waals surface area contributed by atoms with Gasteiger partial charge in [-0.1, -0.05) is 18.6 Å². The normalized spacial score (nSPS) is 17.7. The van der Waals surface area contributed by atoms with E-state index in [0.29, 0.717) is 0 Å². The molecule has 0 aromatic heterocycles. The number of ketones is 1. The van der Waals surface area contributed by atoms with Gasteiger partial charge in [0.15, 0.2) is 5.78 Å². The molecule has 0 atom stereocenters. The van der Waals surface area contributed by atoms with Gasteiger partial charge in [0, 0.05) is 10.5 Å². The molecule has 2 nitrogen and oxygen atoms in total. The summed E-state index contributed by atoms with van der Waals surface area (Å²) in [6, 6.07) is 7.50. The number of nitrogens with zero attached hydrogens (tertiary/aromatic N) is 1. The molecule has 3 heteroatoms. The molecule has 1 saturated heterocycles. The SMILES string of the molecule is CC(C)(C(=O)c1ccc(S)cc1)N1CCCCC1. The first-order chi connectivity index (χ1) is 8.51. The smallest absolute Gasteiger partial charge is 0.182 e. The molecule has 1 heterocycles. The van der Waals surface area contributed by atoms with Crippen LogP contribution in [0.1, 0.15) is 43.5 Å². The zero-order valence-electron chi connectivity index (χ0n) is 11.1. The van der Waals surface area contributed by atoms with Crippen LogP contribution < -0.4 is 0 Å². The first-order valence-electron chi connectivity index (χ1n) is 6.61. The van der Waals surface area contributed by atoms with Crippen LogP contribution in [0.2, 0.25) is 0 Å². The monoisotopic (exact) mass is 263 g/mol. The highest BCUT2D eigenvalue weighted by molar-refractivity contribution is 7.80. The van der Waals surface area contributed by atoms with E-state index in [1.807, 2.05) is 38.1 Å². The number of carbonyl (C=O) groups excluding carboxylic acids is 1. The molecule has 1 fully saturated rings. The third-order valence-electron chi connectivity index (χ3n) is 3.83. The maximum Gasteiger partial charge on any atom is 0.182 e. The minimum atomic E-state index is -0.404. The van der Waals surface area contributed by atoms with Crippen LogP contribution >= 0.6 is 12.6 Å². The van der Waals surface area contributed by atoms with E-state index in [-0.39, 0.29) is 5.78 Å². The van der Waals surface area contributed by atoms with Gasteiger partial charge in [0.1, 0.15) is 0 Å². The Morgan fingerprint density at radius 3 is 2.22 bits per heavy atom. The van der Waals surface area contributed by atoms with E-state index in [0.717, 1.165) is 23.5 Å². The molecule has 18 heavy (non-hydrogen) atoms. The molecule has 1 aromatic rings. The molecule has 1 aliphatic heterocycles. The van der Waals surface area contributed by atoms with E-state index < -0.39 is 5.54 Å². The topological polar surface area (TPSA) is 20.3 Å². The van der Waals surface area contributed by atoms with Crippen molar-refractivity contribution < 1.29 is 4.79 Å². The van der Waals surface area contributed by atoms with Gasteiger partial charge in [-0.15, -0.1) is 12.6 Å². The molecule has 0 amide bonds. The Balaban J connectivity index is 2.17. The van der Waals surface area contributed by atoms with Gasteiger partial charge >= 0.3 is 0 Å². The lowest BCUT2D eigenvalue weighted by Crippen LogP contribution is -2.52. The van der Waals surface area contributed by atoms with E-state index in [1.54, 1.807) is 0 Å². The first kappa shape index (κ1) is 13.6. The summed E-state index contributed by atoms with van der Waals surface area (Å²) in [5.41, 5.74) is 0.377. The van der Waals surface area contributed by atoms with Crippen molar-refractivity contribution >= 4 is 18.4 Å². The number of rotatable bonds is 3. The Morgan fingerprint density at radius 1 is 1.11 bits per heavy atom.